The number of ketones is 1. The van der Waals surface area contributed by atoms with Crippen molar-refractivity contribution < 1.29 is 28.3 Å². The normalized spacial score (nSPS) is 20.7. The van der Waals surface area contributed by atoms with E-state index < -0.39 is 34.7 Å². The summed E-state index contributed by atoms with van der Waals surface area (Å²) in [4.78, 5) is 59.5. The number of carbonyl (C=O) groups excluding carboxylic acids is 4. The minimum absolute atomic E-state index is 0.0349. The Kier molecular flexibility index (Phi) is 8.18. The molecule has 45 heavy (non-hydrogen) atoms. The SMILES string of the molecule is CC(=O)N1CCC(C(=O)c2cc(F)c3c(c2)C(=O)N(Cc2ccc(Cl)cn2)C3(OCC2(C(N)=O)CC2)c2ccc(Cl)cc2)CC1. The Bertz CT molecular complexity index is 1690. The topological polar surface area (TPSA) is 123 Å². The molecule has 1 aromatic heterocycles. The number of nitrogens with two attached hydrogens (primary N) is 1. The van der Waals surface area contributed by atoms with Crippen molar-refractivity contribution in [2.24, 2.45) is 17.1 Å². The van der Waals surface area contributed by atoms with E-state index in [1.54, 1.807) is 41.3 Å². The van der Waals surface area contributed by atoms with Crippen LogP contribution in [0, 0.1) is 17.2 Å². The van der Waals surface area contributed by atoms with Gasteiger partial charge in [-0.1, -0.05) is 35.3 Å². The van der Waals surface area contributed by atoms with E-state index in [1.165, 1.54) is 24.1 Å². The van der Waals surface area contributed by atoms with Crippen molar-refractivity contribution in [3.63, 3.8) is 0 Å². The Morgan fingerprint density at radius 2 is 1.71 bits per heavy atom. The highest BCUT2D eigenvalue weighted by molar-refractivity contribution is 6.30. The third-order valence-corrected chi connectivity index (χ3v) is 9.63. The molecule has 1 unspecified atom stereocenters. The average Bonchev–Trinajstić information content (AvgIpc) is 3.79. The molecule has 12 heteroatoms. The molecule has 0 bridgehead atoms. The summed E-state index contributed by atoms with van der Waals surface area (Å²) < 4.78 is 23.2. The number of carbonyl (C=O) groups is 4. The first kappa shape index (κ1) is 31.1. The van der Waals surface area contributed by atoms with E-state index in [-0.39, 0.29) is 41.5 Å². The molecule has 3 amide bonds. The van der Waals surface area contributed by atoms with Gasteiger partial charge in [0.25, 0.3) is 5.91 Å². The molecule has 0 spiro atoms. The van der Waals surface area contributed by atoms with Crippen molar-refractivity contribution in [3.05, 3.63) is 98.5 Å². The molecule has 1 saturated heterocycles. The van der Waals surface area contributed by atoms with Gasteiger partial charge in [0, 0.05) is 48.3 Å². The number of nitrogens with zero attached hydrogens (tertiary/aromatic N) is 3. The fourth-order valence-electron chi connectivity index (χ4n) is 6.29. The Morgan fingerprint density at radius 3 is 2.29 bits per heavy atom. The first-order valence-corrected chi connectivity index (χ1v) is 15.5. The van der Waals surface area contributed by atoms with Crippen LogP contribution in [0.5, 0.6) is 0 Å². The van der Waals surface area contributed by atoms with Gasteiger partial charge in [-0.15, -0.1) is 0 Å². The number of hydrogen-bond acceptors (Lipinski definition) is 6. The van der Waals surface area contributed by atoms with Crippen LogP contribution in [0.4, 0.5) is 4.39 Å². The number of amides is 3. The van der Waals surface area contributed by atoms with Gasteiger partial charge in [0.2, 0.25) is 11.8 Å². The highest BCUT2D eigenvalue weighted by Gasteiger charge is 2.58. The van der Waals surface area contributed by atoms with Crippen LogP contribution in [0.15, 0.2) is 54.7 Å². The van der Waals surface area contributed by atoms with Gasteiger partial charge in [-0.25, -0.2) is 4.39 Å². The van der Waals surface area contributed by atoms with Gasteiger partial charge in [-0.3, -0.25) is 29.1 Å². The van der Waals surface area contributed by atoms with E-state index in [0.717, 1.165) is 6.07 Å². The Hall–Kier alpha value is -3.86. The second-order valence-electron chi connectivity index (χ2n) is 12.0. The second kappa shape index (κ2) is 11.8. The summed E-state index contributed by atoms with van der Waals surface area (Å²) in [5.41, 5.74) is 3.72. The van der Waals surface area contributed by atoms with Gasteiger partial charge in [-0.2, -0.15) is 0 Å². The van der Waals surface area contributed by atoms with Crippen molar-refractivity contribution >= 4 is 46.7 Å². The van der Waals surface area contributed by atoms with Crippen molar-refractivity contribution in [1.29, 1.82) is 0 Å². The van der Waals surface area contributed by atoms with Crippen LogP contribution in [-0.2, 0) is 26.6 Å². The monoisotopic (exact) mass is 652 g/mol. The van der Waals surface area contributed by atoms with Crippen LogP contribution < -0.4 is 5.73 Å². The van der Waals surface area contributed by atoms with Gasteiger partial charge < -0.3 is 15.4 Å². The van der Waals surface area contributed by atoms with E-state index in [1.807, 2.05) is 0 Å². The van der Waals surface area contributed by atoms with Crippen LogP contribution in [0.3, 0.4) is 0 Å². The summed E-state index contributed by atoms with van der Waals surface area (Å²) in [5.74, 6) is -2.72. The predicted molar refractivity (Wildman–Crippen MR) is 164 cm³/mol. The largest absolute Gasteiger partial charge is 0.369 e. The van der Waals surface area contributed by atoms with Crippen molar-refractivity contribution in [2.75, 3.05) is 19.7 Å². The van der Waals surface area contributed by atoms with Gasteiger partial charge in [0.05, 0.1) is 40.4 Å². The molecule has 2 aromatic carbocycles. The maximum absolute atomic E-state index is 16.6. The molecule has 1 aliphatic carbocycles. The average molecular weight is 654 g/mol. The third-order valence-electron chi connectivity index (χ3n) is 9.16. The number of hydrogen-bond donors (Lipinski definition) is 1. The summed E-state index contributed by atoms with van der Waals surface area (Å²) in [5, 5.41) is 0.813. The molecule has 2 fully saturated rings. The van der Waals surface area contributed by atoms with Crippen molar-refractivity contribution in [3.8, 4) is 0 Å². The molecule has 3 heterocycles. The summed E-state index contributed by atoms with van der Waals surface area (Å²) >= 11 is 12.3. The number of pyridine rings is 1. The first-order valence-electron chi connectivity index (χ1n) is 14.7. The lowest BCUT2D eigenvalue weighted by atomic mass is 9.86. The standard InChI is InChI=1S/C33H31Cl2FN4O5/c1-19(41)39-12-8-20(9-13-39)29(42)21-14-26-28(27(36)15-21)33(22-2-4-23(34)5-3-22,45-18-32(10-11-32)31(37)44)40(30(26)43)17-25-7-6-24(35)16-38-25/h2-7,14-16,20H,8-13,17-18H2,1H3,(H2,37,44). The second-order valence-corrected chi connectivity index (χ2v) is 12.8. The minimum Gasteiger partial charge on any atom is -0.369 e. The molecule has 0 radical (unpaired) electrons. The van der Waals surface area contributed by atoms with Crippen molar-refractivity contribution in [2.45, 2.75) is 44.9 Å². The van der Waals surface area contributed by atoms with Gasteiger partial charge in [-0.05, 0) is 62.1 Å². The van der Waals surface area contributed by atoms with E-state index >= 15 is 4.39 Å². The molecular formula is C33H31Cl2FN4O5. The van der Waals surface area contributed by atoms with E-state index in [0.29, 0.717) is 60.1 Å². The zero-order valence-electron chi connectivity index (χ0n) is 24.5. The zero-order chi connectivity index (χ0) is 32.1. The minimum atomic E-state index is -1.85. The fraction of sp³-hybridized carbons (Fsp3) is 0.364. The molecule has 3 aliphatic rings. The lowest BCUT2D eigenvalue weighted by molar-refractivity contribution is -0.142. The Morgan fingerprint density at radius 1 is 1.04 bits per heavy atom. The molecule has 234 valence electrons. The van der Waals surface area contributed by atoms with Crippen LogP contribution in [-0.4, -0.2) is 58.0 Å². The fourth-order valence-corrected chi connectivity index (χ4v) is 6.53. The summed E-state index contributed by atoms with van der Waals surface area (Å²) in [6.07, 6.45) is 3.31. The van der Waals surface area contributed by atoms with Gasteiger partial charge >= 0.3 is 0 Å². The number of Topliss-reactive ketones (excluding diaryl/α,β-unsaturated/α-hetero) is 1. The predicted octanol–water partition coefficient (Wildman–Crippen LogP) is 5.11. The lowest BCUT2D eigenvalue weighted by Gasteiger charge is -2.40. The number of ether oxygens (including phenoxy) is 1. The number of primary amides is 1. The Balaban J connectivity index is 1.47. The maximum Gasteiger partial charge on any atom is 0.257 e. The molecule has 3 aromatic rings. The number of rotatable bonds is 9. The molecule has 1 saturated carbocycles. The number of likely N-dealkylation sites (tertiary alicyclic amines) is 1. The third kappa shape index (κ3) is 5.60. The molecular weight excluding hydrogens is 622 g/mol. The van der Waals surface area contributed by atoms with Crippen LogP contribution in [0.25, 0.3) is 0 Å². The molecule has 6 rings (SSSR count). The van der Waals surface area contributed by atoms with Crippen LogP contribution in [0.1, 0.15) is 70.1 Å². The van der Waals surface area contributed by atoms with Gasteiger partial charge in [0.1, 0.15) is 5.82 Å². The van der Waals surface area contributed by atoms with Crippen LogP contribution >= 0.6 is 23.2 Å². The number of halogens is 3. The van der Waals surface area contributed by atoms with E-state index in [2.05, 4.69) is 4.98 Å². The first-order chi connectivity index (χ1) is 21.4. The molecule has 2 N–H and O–H groups in total. The van der Waals surface area contributed by atoms with Crippen LogP contribution in [0.2, 0.25) is 10.0 Å². The Labute approximate surface area is 269 Å². The van der Waals surface area contributed by atoms with E-state index in [9.17, 15) is 19.2 Å². The molecule has 2 aliphatic heterocycles. The number of piperidine rings is 1. The number of fused-ring (bicyclic) bond motifs is 1. The summed E-state index contributed by atoms with van der Waals surface area (Å²) in [6, 6.07) is 12.3. The maximum atomic E-state index is 16.6. The van der Waals surface area contributed by atoms with E-state index in [4.69, 9.17) is 33.7 Å². The highest BCUT2D eigenvalue weighted by atomic mass is 35.5. The zero-order valence-corrected chi connectivity index (χ0v) is 26.0. The molecule has 1 atom stereocenters. The highest BCUT2D eigenvalue weighted by Crippen LogP contribution is 2.52. The number of aromatic nitrogens is 1. The quantitative estimate of drug-likeness (QED) is 0.321. The number of benzene rings is 2. The van der Waals surface area contributed by atoms with Crippen molar-refractivity contribution in [1.82, 2.24) is 14.8 Å². The van der Waals surface area contributed by atoms with Gasteiger partial charge in [0.15, 0.2) is 11.5 Å². The summed E-state index contributed by atoms with van der Waals surface area (Å²) in [6.45, 7) is 2.06. The summed E-state index contributed by atoms with van der Waals surface area (Å²) in [7, 11) is 0. The smallest absolute Gasteiger partial charge is 0.257 e. The molecule has 9 nitrogen and oxygen atoms in total. The lowest BCUT2D eigenvalue weighted by Crippen LogP contribution is -2.48.